The SMILES string of the molecule is Cc1ccccc1C(OCC(O)Cn1cncc(F)c1=O)c1ccccc1. The third-order valence-corrected chi connectivity index (χ3v) is 4.30. The molecule has 0 spiro atoms. The molecule has 6 heteroatoms. The van der Waals surface area contributed by atoms with E-state index in [-0.39, 0.29) is 19.3 Å². The van der Waals surface area contributed by atoms with E-state index in [1.54, 1.807) is 0 Å². The van der Waals surface area contributed by atoms with Crippen LogP contribution in [0.3, 0.4) is 0 Å². The number of ether oxygens (including phenoxy) is 1. The summed E-state index contributed by atoms with van der Waals surface area (Å²) in [5.74, 6) is -0.951. The summed E-state index contributed by atoms with van der Waals surface area (Å²) in [6, 6.07) is 17.6. The average Bonchev–Trinajstić information content (AvgIpc) is 2.68. The number of halogens is 1. The zero-order chi connectivity index (χ0) is 19.2. The maximum Gasteiger partial charge on any atom is 0.289 e. The number of hydrogen-bond donors (Lipinski definition) is 1. The van der Waals surface area contributed by atoms with Crippen LogP contribution in [0.5, 0.6) is 0 Å². The molecule has 2 atom stereocenters. The van der Waals surface area contributed by atoms with Crippen LogP contribution in [0.2, 0.25) is 0 Å². The second kappa shape index (κ2) is 8.70. The topological polar surface area (TPSA) is 64.3 Å². The third-order valence-electron chi connectivity index (χ3n) is 4.30. The molecular weight excluding hydrogens is 347 g/mol. The van der Waals surface area contributed by atoms with Gasteiger partial charge in [0.1, 0.15) is 6.10 Å². The number of rotatable bonds is 7. The van der Waals surface area contributed by atoms with Gasteiger partial charge in [-0.15, -0.1) is 0 Å². The predicted molar refractivity (Wildman–Crippen MR) is 99.9 cm³/mol. The molecule has 0 aliphatic heterocycles. The van der Waals surface area contributed by atoms with Crippen molar-refractivity contribution in [3.8, 4) is 0 Å². The van der Waals surface area contributed by atoms with Crippen molar-refractivity contribution in [3.63, 3.8) is 0 Å². The van der Waals surface area contributed by atoms with Gasteiger partial charge in [0.05, 0.1) is 31.8 Å². The van der Waals surface area contributed by atoms with Gasteiger partial charge in [0.25, 0.3) is 5.56 Å². The smallest absolute Gasteiger partial charge is 0.289 e. The highest BCUT2D eigenvalue weighted by molar-refractivity contribution is 5.35. The van der Waals surface area contributed by atoms with Crippen LogP contribution in [0.4, 0.5) is 4.39 Å². The second-order valence-corrected chi connectivity index (χ2v) is 6.33. The number of hydrogen-bond acceptors (Lipinski definition) is 4. The number of benzene rings is 2. The van der Waals surface area contributed by atoms with Gasteiger partial charge >= 0.3 is 0 Å². The van der Waals surface area contributed by atoms with E-state index in [1.807, 2.05) is 61.5 Å². The monoisotopic (exact) mass is 368 g/mol. The molecule has 0 aliphatic rings. The lowest BCUT2D eigenvalue weighted by molar-refractivity contribution is -0.00137. The Morgan fingerprint density at radius 2 is 1.85 bits per heavy atom. The predicted octanol–water partition coefficient (Wildman–Crippen LogP) is 2.86. The zero-order valence-corrected chi connectivity index (χ0v) is 15.0. The Balaban J connectivity index is 1.76. The third kappa shape index (κ3) is 4.67. The minimum atomic E-state index is -0.985. The van der Waals surface area contributed by atoms with E-state index < -0.39 is 17.5 Å². The van der Waals surface area contributed by atoms with Crippen molar-refractivity contribution >= 4 is 0 Å². The Morgan fingerprint density at radius 3 is 2.59 bits per heavy atom. The molecule has 27 heavy (non-hydrogen) atoms. The maximum atomic E-state index is 13.3. The number of aromatic nitrogens is 2. The van der Waals surface area contributed by atoms with Crippen molar-refractivity contribution in [2.45, 2.75) is 25.7 Å². The summed E-state index contributed by atoms with van der Waals surface area (Å²) in [6.07, 6.45) is 0.710. The molecule has 3 aromatic rings. The summed E-state index contributed by atoms with van der Waals surface area (Å²) in [7, 11) is 0. The molecular formula is C21H21FN2O3. The van der Waals surface area contributed by atoms with Crippen molar-refractivity contribution in [3.05, 3.63) is 100.0 Å². The van der Waals surface area contributed by atoms with Gasteiger partial charge in [-0.1, -0.05) is 54.6 Å². The van der Waals surface area contributed by atoms with Crippen molar-refractivity contribution in [1.82, 2.24) is 9.55 Å². The summed E-state index contributed by atoms with van der Waals surface area (Å²) < 4.78 is 20.4. The van der Waals surface area contributed by atoms with E-state index in [1.165, 1.54) is 6.33 Å². The molecule has 1 aromatic heterocycles. The molecule has 140 valence electrons. The summed E-state index contributed by atoms with van der Waals surface area (Å²) in [5, 5.41) is 10.3. The first-order valence-electron chi connectivity index (χ1n) is 8.66. The van der Waals surface area contributed by atoms with E-state index >= 15 is 0 Å². The zero-order valence-electron chi connectivity index (χ0n) is 15.0. The van der Waals surface area contributed by atoms with Crippen LogP contribution in [0.15, 0.2) is 71.9 Å². The molecule has 0 aliphatic carbocycles. The Bertz CT molecular complexity index is 943. The van der Waals surface area contributed by atoms with Crippen molar-refractivity contribution in [2.75, 3.05) is 6.61 Å². The summed E-state index contributed by atoms with van der Waals surface area (Å²) >= 11 is 0. The largest absolute Gasteiger partial charge is 0.389 e. The van der Waals surface area contributed by atoms with Crippen molar-refractivity contribution in [2.24, 2.45) is 0 Å². The lowest BCUT2D eigenvalue weighted by atomic mass is 9.97. The summed E-state index contributed by atoms with van der Waals surface area (Å²) in [5.41, 5.74) is 2.22. The first-order chi connectivity index (χ1) is 13.1. The van der Waals surface area contributed by atoms with Crippen molar-refractivity contribution in [1.29, 1.82) is 0 Å². The Hall–Kier alpha value is -2.83. The van der Waals surface area contributed by atoms with E-state index in [2.05, 4.69) is 4.98 Å². The molecule has 3 rings (SSSR count). The second-order valence-electron chi connectivity index (χ2n) is 6.33. The van der Waals surface area contributed by atoms with Gasteiger partial charge in [0.2, 0.25) is 5.82 Å². The Morgan fingerprint density at radius 1 is 1.15 bits per heavy atom. The van der Waals surface area contributed by atoms with Gasteiger partial charge < -0.3 is 9.84 Å². The highest BCUT2D eigenvalue weighted by Crippen LogP contribution is 2.28. The minimum Gasteiger partial charge on any atom is -0.389 e. The molecule has 2 unspecified atom stereocenters. The van der Waals surface area contributed by atoms with Gasteiger partial charge in [0, 0.05) is 0 Å². The molecule has 0 saturated carbocycles. The summed E-state index contributed by atoms with van der Waals surface area (Å²) in [4.78, 5) is 15.4. The number of aliphatic hydroxyl groups excluding tert-OH is 1. The normalized spacial score (nSPS) is 13.3. The number of aryl methyl sites for hydroxylation is 1. The van der Waals surface area contributed by atoms with Crippen LogP contribution in [0.1, 0.15) is 22.8 Å². The maximum absolute atomic E-state index is 13.3. The van der Waals surface area contributed by atoms with E-state index in [4.69, 9.17) is 4.74 Å². The Labute approximate surface area is 156 Å². The first kappa shape index (κ1) is 18.9. The van der Waals surface area contributed by atoms with E-state index in [9.17, 15) is 14.3 Å². The molecule has 0 amide bonds. The van der Waals surface area contributed by atoms with Crippen LogP contribution in [0, 0.1) is 12.7 Å². The van der Waals surface area contributed by atoms with Gasteiger partial charge in [0.15, 0.2) is 0 Å². The molecule has 0 fully saturated rings. The van der Waals surface area contributed by atoms with Crippen molar-refractivity contribution < 1.29 is 14.2 Å². The van der Waals surface area contributed by atoms with Crippen LogP contribution in [0.25, 0.3) is 0 Å². The van der Waals surface area contributed by atoms with E-state index in [0.29, 0.717) is 0 Å². The minimum absolute atomic E-state index is 0.0170. The van der Waals surface area contributed by atoms with Gasteiger partial charge in [-0.25, -0.2) is 4.98 Å². The quantitative estimate of drug-likeness (QED) is 0.697. The molecule has 1 heterocycles. The fraction of sp³-hybridized carbons (Fsp3) is 0.238. The van der Waals surface area contributed by atoms with Crippen LogP contribution >= 0.6 is 0 Å². The fourth-order valence-electron chi connectivity index (χ4n) is 2.92. The molecule has 0 saturated heterocycles. The highest BCUT2D eigenvalue weighted by Gasteiger charge is 2.19. The molecule has 0 bridgehead atoms. The first-order valence-corrected chi connectivity index (χ1v) is 8.66. The lowest BCUT2D eigenvalue weighted by Gasteiger charge is -2.22. The standard InChI is InChI=1S/C21H21FN2O3/c1-15-7-5-6-10-18(15)20(16-8-3-2-4-9-16)27-13-17(25)12-24-14-23-11-19(22)21(24)26/h2-11,14,17,20,25H,12-13H2,1H3. The van der Waals surface area contributed by atoms with E-state index in [0.717, 1.165) is 27.5 Å². The number of aliphatic hydroxyl groups is 1. The molecule has 1 N–H and O–H groups in total. The average molecular weight is 368 g/mol. The summed E-state index contributed by atoms with van der Waals surface area (Å²) in [6.45, 7) is 1.89. The lowest BCUT2D eigenvalue weighted by Crippen LogP contribution is -2.31. The molecule has 2 aromatic carbocycles. The molecule has 5 nitrogen and oxygen atoms in total. The van der Waals surface area contributed by atoms with Crippen LogP contribution in [-0.4, -0.2) is 27.4 Å². The molecule has 0 radical (unpaired) electrons. The van der Waals surface area contributed by atoms with Gasteiger partial charge in [-0.3, -0.25) is 9.36 Å². The van der Waals surface area contributed by atoms with Gasteiger partial charge in [-0.05, 0) is 23.6 Å². The Kier molecular flexibility index (Phi) is 6.11. The fourth-order valence-corrected chi connectivity index (χ4v) is 2.92. The number of nitrogens with zero attached hydrogens (tertiary/aromatic N) is 2. The van der Waals surface area contributed by atoms with Crippen LogP contribution in [-0.2, 0) is 11.3 Å². The van der Waals surface area contributed by atoms with Gasteiger partial charge in [-0.2, -0.15) is 4.39 Å². The highest BCUT2D eigenvalue weighted by atomic mass is 19.1. The van der Waals surface area contributed by atoms with Crippen LogP contribution < -0.4 is 5.56 Å².